The molecule has 0 saturated heterocycles. The Morgan fingerprint density at radius 2 is 1.58 bits per heavy atom. The topological polar surface area (TPSA) is 96.0 Å². The van der Waals surface area contributed by atoms with Crippen molar-refractivity contribution in [1.29, 1.82) is 0 Å². The zero-order valence-electron chi connectivity index (χ0n) is 16.5. The highest BCUT2D eigenvalue weighted by atomic mass is 19.4. The summed E-state index contributed by atoms with van der Waals surface area (Å²) in [6.07, 6.45) is -4.82. The van der Waals surface area contributed by atoms with E-state index in [4.69, 9.17) is 0 Å². The van der Waals surface area contributed by atoms with E-state index in [9.17, 15) is 23.3 Å². The number of nitro groups is 1. The predicted molar refractivity (Wildman–Crippen MR) is 113 cm³/mol. The van der Waals surface area contributed by atoms with Crippen molar-refractivity contribution in [2.75, 3.05) is 0 Å². The van der Waals surface area contributed by atoms with E-state index in [0.29, 0.717) is 33.8 Å². The number of imidazole rings is 1. The second-order valence-electron chi connectivity index (χ2n) is 6.98. The molecular formula is C22H12F3N5O3. The van der Waals surface area contributed by atoms with Crippen LogP contribution in [0, 0.1) is 10.1 Å². The first-order chi connectivity index (χ1) is 15.8. The molecule has 33 heavy (non-hydrogen) atoms. The van der Waals surface area contributed by atoms with Gasteiger partial charge in [-0.3, -0.25) is 14.7 Å². The molecule has 5 rings (SSSR count). The first-order valence-corrected chi connectivity index (χ1v) is 9.55. The number of alkyl halides is 3. The molecule has 8 nitrogen and oxygen atoms in total. The Balaban J connectivity index is 1.74. The highest BCUT2D eigenvalue weighted by molar-refractivity contribution is 5.86. The van der Waals surface area contributed by atoms with Crippen LogP contribution in [0.5, 0.6) is 5.75 Å². The van der Waals surface area contributed by atoms with Gasteiger partial charge in [0.05, 0.1) is 16.0 Å². The molecule has 0 N–H and O–H groups in total. The number of rotatable bonds is 4. The number of non-ortho nitro benzene ring substituents is 1. The number of halogens is 3. The monoisotopic (exact) mass is 451 g/mol. The van der Waals surface area contributed by atoms with Crippen molar-refractivity contribution in [1.82, 2.24) is 19.5 Å². The lowest BCUT2D eigenvalue weighted by atomic mass is 10.2. The van der Waals surface area contributed by atoms with Crippen LogP contribution in [-0.4, -0.2) is 30.8 Å². The predicted octanol–water partition coefficient (Wildman–Crippen LogP) is 5.44. The zero-order valence-corrected chi connectivity index (χ0v) is 16.5. The number of fused-ring (bicyclic) bond motifs is 2. The number of para-hydroxylation sites is 2. The van der Waals surface area contributed by atoms with Gasteiger partial charge in [0.25, 0.3) is 5.69 Å². The van der Waals surface area contributed by atoms with Gasteiger partial charge in [0.15, 0.2) is 11.3 Å². The highest BCUT2D eigenvalue weighted by Crippen LogP contribution is 2.31. The number of aromatic nitrogens is 4. The first kappa shape index (κ1) is 20.4. The van der Waals surface area contributed by atoms with Crippen molar-refractivity contribution in [3.63, 3.8) is 0 Å². The molecule has 0 aliphatic heterocycles. The maximum Gasteiger partial charge on any atom is 0.573 e. The minimum Gasteiger partial charge on any atom is -0.406 e. The fraction of sp³-hybridized carbons (Fsp3) is 0.0455. The van der Waals surface area contributed by atoms with E-state index < -0.39 is 11.3 Å². The number of ether oxygens (including phenoxy) is 1. The van der Waals surface area contributed by atoms with Crippen LogP contribution >= 0.6 is 0 Å². The Kier molecular flexibility index (Phi) is 4.66. The molecule has 3 aromatic carbocycles. The van der Waals surface area contributed by atoms with E-state index in [1.54, 1.807) is 34.9 Å². The summed E-state index contributed by atoms with van der Waals surface area (Å²) in [7, 11) is 0. The van der Waals surface area contributed by atoms with Gasteiger partial charge in [-0.05, 0) is 36.4 Å². The van der Waals surface area contributed by atoms with Gasteiger partial charge < -0.3 is 4.74 Å². The van der Waals surface area contributed by atoms with Crippen LogP contribution in [0.2, 0.25) is 0 Å². The summed E-state index contributed by atoms with van der Waals surface area (Å²) in [4.78, 5) is 24.5. The van der Waals surface area contributed by atoms with Gasteiger partial charge in [-0.2, -0.15) is 0 Å². The standard InChI is InChI=1S/C22H12F3N5O3/c23-22(24,25)33-16-10-8-14(9-11-16)29-20(13-4-3-5-15(12-13)30(31)32)28-19-21(29)27-18-7-2-1-6-17(18)26-19/h1-12H. The Morgan fingerprint density at radius 1 is 0.879 bits per heavy atom. The second kappa shape index (κ2) is 7.55. The second-order valence-corrected chi connectivity index (χ2v) is 6.98. The zero-order chi connectivity index (χ0) is 23.2. The Morgan fingerprint density at radius 3 is 2.24 bits per heavy atom. The average molecular weight is 451 g/mol. The number of nitro benzene ring substituents is 1. The van der Waals surface area contributed by atoms with E-state index >= 15 is 0 Å². The molecule has 2 heterocycles. The lowest BCUT2D eigenvalue weighted by Gasteiger charge is -2.12. The molecule has 0 fully saturated rings. The van der Waals surface area contributed by atoms with E-state index in [2.05, 4.69) is 19.7 Å². The molecular weight excluding hydrogens is 439 g/mol. The SMILES string of the molecule is O=[N+]([O-])c1cccc(-c2nc3nc4ccccc4nc3n2-c2ccc(OC(F)(F)F)cc2)c1. The summed E-state index contributed by atoms with van der Waals surface area (Å²) in [6.45, 7) is 0. The van der Waals surface area contributed by atoms with Crippen LogP contribution in [0.15, 0.2) is 72.8 Å². The number of benzene rings is 3. The van der Waals surface area contributed by atoms with Crippen molar-refractivity contribution >= 4 is 28.0 Å². The van der Waals surface area contributed by atoms with Crippen molar-refractivity contribution in [3.05, 3.63) is 82.9 Å². The van der Waals surface area contributed by atoms with E-state index in [1.807, 2.05) is 0 Å². The maximum absolute atomic E-state index is 12.5. The van der Waals surface area contributed by atoms with Crippen LogP contribution in [-0.2, 0) is 0 Å². The molecule has 0 aliphatic carbocycles. The molecule has 164 valence electrons. The molecule has 2 aromatic heterocycles. The Bertz CT molecular complexity index is 1510. The molecule has 0 amide bonds. The quantitative estimate of drug-likeness (QED) is 0.267. The van der Waals surface area contributed by atoms with Gasteiger partial charge in [-0.1, -0.05) is 24.3 Å². The molecule has 11 heteroatoms. The largest absolute Gasteiger partial charge is 0.573 e. The Hall–Kier alpha value is -4.54. The molecule has 0 radical (unpaired) electrons. The van der Waals surface area contributed by atoms with E-state index in [0.717, 1.165) is 0 Å². The van der Waals surface area contributed by atoms with Crippen LogP contribution in [0.3, 0.4) is 0 Å². The van der Waals surface area contributed by atoms with Crippen LogP contribution in [0.1, 0.15) is 0 Å². The third-order valence-corrected chi connectivity index (χ3v) is 4.81. The fourth-order valence-electron chi connectivity index (χ4n) is 3.45. The molecule has 0 saturated carbocycles. The van der Waals surface area contributed by atoms with Crippen molar-refractivity contribution in [2.24, 2.45) is 0 Å². The lowest BCUT2D eigenvalue weighted by molar-refractivity contribution is -0.384. The van der Waals surface area contributed by atoms with Crippen LogP contribution in [0.25, 0.3) is 39.4 Å². The van der Waals surface area contributed by atoms with E-state index in [1.165, 1.54) is 42.5 Å². The molecule has 0 atom stereocenters. The molecule has 0 unspecified atom stereocenters. The highest BCUT2D eigenvalue weighted by Gasteiger charge is 2.31. The van der Waals surface area contributed by atoms with Crippen molar-refractivity contribution in [3.8, 4) is 22.8 Å². The first-order valence-electron chi connectivity index (χ1n) is 9.55. The average Bonchev–Trinajstić information content (AvgIpc) is 3.15. The molecule has 0 bridgehead atoms. The van der Waals surface area contributed by atoms with Gasteiger partial charge in [0, 0.05) is 23.4 Å². The van der Waals surface area contributed by atoms with Crippen molar-refractivity contribution < 1.29 is 22.8 Å². The number of hydrogen-bond donors (Lipinski definition) is 0. The minimum absolute atomic E-state index is 0.133. The van der Waals surface area contributed by atoms with Gasteiger partial charge in [-0.25, -0.2) is 15.0 Å². The third-order valence-electron chi connectivity index (χ3n) is 4.81. The third kappa shape index (κ3) is 3.91. The summed E-state index contributed by atoms with van der Waals surface area (Å²) in [5.74, 6) is -0.0856. The number of nitrogens with zero attached hydrogens (tertiary/aromatic N) is 5. The lowest BCUT2D eigenvalue weighted by Crippen LogP contribution is -2.17. The molecule has 0 spiro atoms. The Labute approximate surface area is 183 Å². The summed E-state index contributed by atoms with van der Waals surface area (Å²) >= 11 is 0. The van der Waals surface area contributed by atoms with Gasteiger partial charge in [0.2, 0.25) is 0 Å². The summed E-state index contributed by atoms with van der Waals surface area (Å²) < 4.78 is 43.2. The minimum atomic E-state index is -4.82. The van der Waals surface area contributed by atoms with Crippen molar-refractivity contribution in [2.45, 2.75) is 6.36 Å². The summed E-state index contributed by atoms with van der Waals surface area (Å²) in [5.41, 5.74) is 2.54. The number of hydrogen-bond acceptors (Lipinski definition) is 6. The normalized spacial score (nSPS) is 11.7. The summed E-state index contributed by atoms with van der Waals surface area (Å²) in [6, 6.07) is 18.2. The fourth-order valence-corrected chi connectivity index (χ4v) is 3.45. The maximum atomic E-state index is 12.5. The molecule has 5 aromatic rings. The van der Waals surface area contributed by atoms with Gasteiger partial charge in [-0.15, -0.1) is 13.2 Å². The molecule has 0 aliphatic rings. The smallest absolute Gasteiger partial charge is 0.406 e. The summed E-state index contributed by atoms with van der Waals surface area (Å²) in [5, 5.41) is 11.3. The van der Waals surface area contributed by atoms with Gasteiger partial charge >= 0.3 is 6.36 Å². The van der Waals surface area contributed by atoms with Crippen LogP contribution < -0.4 is 4.74 Å². The van der Waals surface area contributed by atoms with Gasteiger partial charge in [0.1, 0.15) is 11.6 Å². The van der Waals surface area contributed by atoms with Crippen LogP contribution in [0.4, 0.5) is 18.9 Å². The van der Waals surface area contributed by atoms with E-state index in [-0.39, 0.29) is 17.1 Å².